The second kappa shape index (κ2) is 13.2. The minimum Gasteiger partial charge on any atom is -0.506 e. The smallest absolute Gasteiger partial charge is 0.412 e. The van der Waals surface area contributed by atoms with Crippen molar-refractivity contribution in [3.63, 3.8) is 0 Å². The van der Waals surface area contributed by atoms with Crippen molar-refractivity contribution in [2.45, 2.75) is 32.0 Å². The topological polar surface area (TPSA) is 134 Å². The van der Waals surface area contributed by atoms with Crippen molar-refractivity contribution in [2.75, 3.05) is 12.4 Å². The zero-order valence-electron chi connectivity index (χ0n) is 18.4. The van der Waals surface area contributed by atoms with Crippen molar-refractivity contribution in [3.8, 4) is 5.75 Å². The third kappa shape index (κ3) is 7.94. The van der Waals surface area contributed by atoms with E-state index in [1.54, 1.807) is 36.4 Å². The number of phenols is 1. The normalized spacial score (nSPS) is 12.7. The van der Waals surface area contributed by atoms with Crippen molar-refractivity contribution in [1.29, 1.82) is 0 Å². The SMILES string of the molecule is CO[C@@H](CC/C=C/C(=O)NO)[C@@H](OC(=O)Nc1ccc(C(C)=O)cc1)c1cc(Br)cc(Br)c1O. The lowest BCUT2D eigenvalue weighted by molar-refractivity contribution is -0.124. The van der Waals surface area contributed by atoms with E-state index >= 15 is 0 Å². The van der Waals surface area contributed by atoms with Gasteiger partial charge in [0, 0.05) is 34.5 Å². The first-order valence-electron chi connectivity index (χ1n) is 10.1. The predicted octanol–water partition coefficient (Wildman–Crippen LogP) is 5.27. The average molecular weight is 600 g/mol. The van der Waals surface area contributed by atoms with Gasteiger partial charge in [0.25, 0.3) is 5.91 Å². The van der Waals surface area contributed by atoms with Gasteiger partial charge in [-0.2, -0.15) is 0 Å². The molecule has 0 radical (unpaired) electrons. The Balaban J connectivity index is 2.27. The van der Waals surface area contributed by atoms with Crippen LogP contribution in [0.3, 0.4) is 0 Å². The Hall–Kier alpha value is -2.73. The maximum atomic E-state index is 12.7. The summed E-state index contributed by atoms with van der Waals surface area (Å²) in [6.07, 6.45) is 0.856. The Morgan fingerprint density at radius 2 is 1.82 bits per heavy atom. The van der Waals surface area contributed by atoms with Gasteiger partial charge in [0.05, 0.1) is 10.6 Å². The predicted molar refractivity (Wildman–Crippen MR) is 132 cm³/mol. The number of rotatable bonds is 10. The summed E-state index contributed by atoms with van der Waals surface area (Å²) in [5.74, 6) is -0.895. The molecule has 0 aliphatic heterocycles. The quantitative estimate of drug-likeness (QED) is 0.126. The van der Waals surface area contributed by atoms with E-state index in [2.05, 4.69) is 37.2 Å². The first-order valence-corrected chi connectivity index (χ1v) is 11.6. The van der Waals surface area contributed by atoms with Crippen LogP contribution >= 0.6 is 31.9 Å². The molecule has 0 aliphatic carbocycles. The van der Waals surface area contributed by atoms with Gasteiger partial charge in [-0.05, 0) is 72.1 Å². The van der Waals surface area contributed by atoms with Crippen LogP contribution in [-0.4, -0.2) is 41.3 Å². The molecule has 2 aromatic carbocycles. The monoisotopic (exact) mass is 598 g/mol. The molecule has 0 saturated carbocycles. The molecule has 2 aromatic rings. The molecule has 0 bridgehead atoms. The van der Waals surface area contributed by atoms with E-state index in [1.165, 1.54) is 25.6 Å². The van der Waals surface area contributed by atoms with E-state index in [1.807, 2.05) is 0 Å². The van der Waals surface area contributed by atoms with E-state index in [9.17, 15) is 19.5 Å². The van der Waals surface area contributed by atoms with Gasteiger partial charge in [-0.25, -0.2) is 10.3 Å². The van der Waals surface area contributed by atoms with Crippen LogP contribution in [0.25, 0.3) is 0 Å². The largest absolute Gasteiger partial charge is 0.506 e. The fourth-order valence-electron chi connectivity index (χ4n) is 3.07. The minimum absolute atomic E-state index is 0.0987. The molecule has 2 atom stereocenters. The summed E-state index contributed by atoms with van der Waals surface area (Å²) in [5, 5.41) is 21.8. The van der Waals surface area contributed by atoms with Crippen LogP contribution in [0.4, 0.5) is 10.5 Å². The van der Waals surface area contributed by atoms with Crippen molar-refractivity contribution in [2.24, 2.45) is 0 Å². The number of hydrogen-bond acceptors (Lipinski definition) is 7. The molecule has 2 amide bonds. The summed E-state index contributed by atoms with van der Waals surface area (Å²) in [7, 11) is 1.44. The summed E-state index contributed by atoms with van der Waals surface area (Å²) in [6, 6.07) is 9.57. The number of amides is 2. The molecule has 182 valence electrons. The third-order valence-corrected chi connectivity index (χ3v) is 5.84. The van der Waals surface area contributed by atoms with Gasteiger partial charge < -0.3 is 14.6 Å². The molecule has 11 heteroatoms. The van der Waals surface area contributed by atoms with Crippen LogP contribution in [0.1, 0.15) is 41.8 Å². The first kappa shape index (κ1) is 27.5. The Morgan fingerprint density at radius 3 is 2.41 bits per heavy atom. The first-order chi connectivity index (χ1) is 16.2. The molecule has 0 fully saturated rings. The van der Waals surface area contributed by atoms with Crippen molar-refractivity contribution < 1.29 is 34.2 Å². The summed E-state index contributed by atoms with van der Waals surface area (Å²) < 4.78 is 12.3. The molecular formula is C23H24Br2N2O7. The number of halogens is 2. The Labute approximate surface area is 213 Å². The molecule has 34 heavy (non-hydrogen) atoms. The minimum atomic E-state index is -1.02. The van der Waals surface area contributed by atoms with E-state index in [0.717, 1.165) is 6.08 Å². The van der Waals surface area contributed by atoms with Crippen LogP contribution in [0.2, 0.25) is 0 Å². The Morgan fingerprint density at radius 1 is 1.15 bits per heavy atom. The van der Waals surface area contributed by atoms with Crippen LogP contribution in [0.5, 0.6) is 5.75 Å². The van der Waals surface area contributed by atoms with Crippen molar-refractivity contribution in [3.05, 3.63) is 68.6 Å². The highest BCUT2D eigenvalue weighted by molar-refractivity contribution is 9.11. The molecule has 0 unspecified atom stereocenters. The molecule has 0 heterocycles. The number of anilines is 1. The number of allylic oxidation sites excluding steroid dienone is 1. The maximum absolute atomic E-state index is 12.7. The summed E-state index contributed by atoms with van der Waals surface area (Å²) >= 11 is 6.65. The highest BCUT2D eigenvalue weighted by Crippen LogP contribution is 2.39. The van der Waals surface area contributed by atoms with Gasteiger partial charge in [0.15, 0.2) is 11.9 Å². The number of benzene rings is 2. The zero-order chi connectivity index (χ0) is 25.3. The second-order valence-corrected chi connectivity index (χ2v) is 8.91. The van der Waals surface area contributed by atoms with E-state index in [-0.39, 0.29) is 11.5 Å². The standard InChI is InChI=1S/C23H24Br2N2O7/c1-13(28)14-7-9-16(10-8-14)26-23(31)34-22(17-11-15(24)12-18(25)21(17)30)19(33-2)5-3-4-6-20(29)27-32/h4,6-12,19,22,30,32H,3,5H2,1-2H3,(H,26,31)(H,27,29)/b6-4+/t19-,22-/m0/s1. The number of ether oxygens (including phenoxy) is 2. The zero-order valence-corrected chi connectivity index (χ0v) is 21.6. The summed E-state index contributed by atoms with van der Waals surface area (Å²) in [5.41, 5.74) is 2.72. The van der Waals surface area contributed by atoms with Gasteiger partial charge in [0.2, 0.25) is 0 Å². The maximum Gasteiger partial charge on any atom is 0.412 e. The van der Waals surface area contributed by atoms with E-state index < -0.39 is 24.2 Å². The Kier molecular flexibility index (Phi) is 10.7. The third-order valence-electron chi connectivity index (χ3n) is 4.77. The lowest BCUT2D eigenvalue weighted by Crippen LogP contribution is -2.28. The number of hydroxylamine groups is 1. The lowest BCUT2D eigenvalue weighted by atomic mass is 9.99. The molecule has 0 aliphatic rings. The summed E-state index contributed by atoms with van der Waals surface area (Å²) in [4.78, 5) is 35.3. The number of Topliss-reactive ketones (excluding diaryl/α,β-unsaturated/α-hetero) is 1. The van der Waals surface area contributed by atoms with Crippen LogP contribution < -0.4 is 10.8 Å². The molecule has 4 N–H and O–H groups in total. The van der Waals surface area contributed by atoms with Crippen molar-refractivity contribution >= 4 is 55.3 Å². The van der Waals surface area contributed by atoms with Crippen LogP contribution in [-0.2, 0) is 14.3 Å². The molecule has 9 nitrogen and oxygen atoms in total. The van der Waals surface area contributed by atoms with Gasteiger partial charge >= 0.3 is 6.09 Å². The van der Waals surface area contributed by atoms with Crippen LogP contribution in [0, 0.1) is 0 Å². The van der Waals surface area contributed by atoms with Crippen molar-refractivity contribution in [1.82, 2.24) is 5.48 Å². The number of aromatic hydroxyl groups is 1. The number of methoxy groups -OCH3 is 1. The number of ketones is 1. The number of nitrogens with one attached hydrogen (secondary N) is 2. The van der Waals surface area contributed by atoms with Gasteiger partial charge in [0.1, 0.15) is 5.75 Å². The van der Waals surface area contributed by atoms with Gasteiger partial charge in [-0.3, -0.25) is 20.1 Å². The highest BCUT2D eigenvalue weighted by atomic mass is 79.9. The number of carbonyl (C=O) groups excluding carboxylic acids is 3. The molecule has 0 spiro atoms. The second-order valence-electron chi connectivity index (χ2n) is 7.14. The molecule has 0 aromatic heterocycles. The molecule has 2 rings (SSSR count). The number of hydrogen-bond donors (Lipinski definition) is 4. The average Bonchev–Trinajstić information content (AvgIpc) is 2.80. The van der Waals surface area contributed by atoms with Gasteiger partial charge in [-0.1, -0.05) is 22.0 Å². The lowest BCUT2D eigenvalue weighted by Gasteiger charge is -2.27. The van der Waals surface area contributed by atoms with Gasteiger partial charge in [-0.15, -0.1) is 0 Å². The molecular weight excluding hydrogens is 576 g/mol. The molecule has 0 saturated heterocycles. The van der Waals surface area contributed by atoms with E-state index in [4.69, 9.17) is 14.7 Å². The number of phenolic OH excluding ortho intramolecular Hbond substituents is 1. The fraction of sp³-hybridized carbons (Fsp3) is 0.261. The summed E-state index contributed by atoms with van der Waals surface area (Å²) in [6.45, 7) is 1.44. The highest BCUT2D eigenvalue weighted by Gasteiger charge is 2.30. The van der Waals surface area contributed by atoms with E-state index in [0.29, 0.717) is 38.6 Å². The van der Waals surface area contributed by atoms with Crippen LogP contribution in [0.15, 0.2) is 57.5 Å². The number of carbonyl (C=O) groups is 3. The Bertz CT molecular complexity index is 1060. The fourth-order valence-corrected chi connectivity index (χ4v) is 4.33.